The molecule has 0 bridgehead atoms. The molecule has 0 atom stereocenters. The summed E-state index contributed by atoms with van der Waals surface area (Å²) in [5.41, 5.74) is 2.21. The molecule has 0 unspecified atom stereocenters. The molecule has 0 aliphatic carbocycles. The topological polar surface area (TPSA) is 62.1 Å². The third kappa shape index (κ3) is 5.84. The van der Waals surface area contributed by atoms with Crippen molar-refractivity contribution in [1.82, 2.24) is 5.32 Å². The standard InChI is InChI=1S/C19H20N2O2/c20-13-12-19(22)21-15-17-10-4-5-11-18(17)23-14-6-9-16-7-2-1-3-8-16/h1-5,7-8,10-11H,6,9,12,14-15H2,(H,21,22). The molecule has 0 aromatic heterocycles. The van der Waals surface area contributed by atoms with E-state index < -0.39 is 0 Å². The smallest absolute Gasteiger partial charge is 0.234 e. The van der Waals surface area contributed by atoms with Crippen LogP contribution < -0.4 is 10.1 Å². The SMILES string of the molecule is N#CCC(=O)NCc1ccccc1OCCCc1ccccc1. The van der Waals surface area contributed by atoms with Crippen molar-refractivity contribution in [2.75, 3.05) is 6.61 Å². The van der Waals surface area contributed by atoms with Crippen molar-refractivity contribution in [3.8, 4) is 11.8 Å². The normalized spacial score (nSPS) is 9.87. The Bertz CT molecular complexity index is 663. The number of carbonyl (C=O) groups excluding carboxylic acids is 1. The molecule has 0 saturated heterocycles. The number of hydrogen-bond acceptors (Lipinski definition) is 3. The van der Waals surface area contributed by atoms with Crippen LogP contribution in [0.15, 0.2) is 54.6 Å². The molecule has 0 aliphatic heterocycles. The van der Waals surface area contributed by atoms with Gasteiger partial charge in [-0.25, -0.2) is 0 Å². The van der Waals surface area contributed by atoms with Gasteiger partial charge >= 0.3 is 0 Å². The number of para-hydroxylation sites is 1. The lowest BCUT2D eigenvalue weighted by molar-refractivity contribution is -0.120. The Balaban J connectivity index is 1.80. The molecule has 118 valence electrons. The monoisotopic (exact) mass is 308 g/mol. The summed E-state index contributed by atoms with van der Waals surface area (Å²) in [5.74, 6) is 0.504. The summed E-state index contributed by atoms with van der Waals surface area (Å²) < 4.78 is 5.83. The van der Waals surface area contributed by atoms with Crippen LogP contribution in [0.4, 0.5) is 0 Å². The Labute approximate surface area is 136 Å². The van der Waals surface area contributed by atoms with Crippen molar-refractivity contribution in [3.63, 3.8) is 0 Å². The predicted molar refractivity (Wildman–Crippen MR) is 88.8 cm³/mol. The second-order valence-electron chi connectivity index (χ2n) is 5.16. The Hall–Kier alpha value is -2.80. The van der Waals surface area contributed by atoms with Crippen molar-refractivity contribution in [2.45, 2.75) is 25.8 Å². The fourth-order valence-electron chi connectivity index (χ4n) is 2.22. The van der Waals surface area contributed by atoms with Crippen LogP contribution in [0.5, 0.6) is 5.75 Å². The van der Waals surface area contributed by atoms with Crippen molar-refractivity contribution in [3.05, 3.63) is 65.7 Å². The molecule has 2 aromatic rings. The van der Waals surface area contributed by atoms with Crippen molar-refractivity contribution < 1.29 is 9.53 Å². The van der Waals surface area contributed by atoms with Crippen molar-refractivity contribution in [1.29, 1.82) is 5.26 Å². The highest BCUT2D eigenvalue weighted by molar-refractivity contribution is 5.78. The minimum atomic E-state index is -0.272. The van der Waals surface area contributed by atoms with Crippen LogP contribution in [0, 0.1) is 11.3 Å². The van der Waals surface area contributed by atoms with Gasteiger partial charge in [0.05, 0.1) is 12.7 Å². The van der Waals surface area contributed by atoms with E-state index in [9.17, 15) is 4.79 Å². The van der Waals surface area contributed by atoms with E-state index in [1.54, 1.807) is 0 Å². The zero-order valence-corrected chi connectivity index (χ0v) is 13.0. The highest BCUT2D eigenvalue weighted by Crippen LogP contribution is 2.18. The lowest BCUT2D eigenvalue weighted by Crippen LogP contribution is -2.22. The summed E-state index contributed by atoms with van der Waals surface area (Å²) >= 11 is 0. The average molecular weight is 308 g/mol. The van der Waals surface area contributed by atoms with E-state index in [2.05, 4.69) is 17.4 Å². The lowest BCUT2D eigenvalue weighted by atomic mass is 10.1. The van der Waals surface area contributed by atoms with E-state index in [4.69, 9.17) is 10.00 Å². The quantitative estimate of drug-likeness (QED) is 0.762. The molecule has 1 N–H and O–H groups in total. The molecule has 23 heavy (non-hydrogen) atoms. The van der Waals surface area contributed by atoms with Gasteiger partial charge in [-0.05, 0) is 24.5 Å². The first-order chi connectivity index (χ1) is 11.3. The first-order valence-electron chi connectivity index (χ1n) is 7.68. The number of nitriles is 1. The highest BCUT2D eigenvalue weighted by Gasteiger charge is 2.05. The molecule has 0 fully saturated rings. The Morgan fingerprint density at radius 3 is 2.61 bits per heavy atom. The first kappa shape index (κ1) is 16.6. The zero-order valence-electron chi connectivity index (χ0n) is 13.0. The van der Waals surface area contributed by atoms with E-state index in [0.29, 0.717) is 13.2 Å². The third-order valence-electron chi connectivity index (χ3n) is 3.40. The van der Waals surface area contributed by atoms with Gasteiger partial charge in [-0.2, -0.15) is 5.26 Å². The highest BCUT2D eigenvalue weighted by atomic mass is 16.5. The third-order valence-corrected chi connectivity index (χ3v) is 3.40. The molecule has 0 saturated carbocycles. The molecule has 2 aromatic carbocycles. The number of aryl methyl sites for hydroxylation is 1. The number of rotatable bonds is 8. The van der Waals surface area contributed by atoms with Crippen LogP contribution in [-0.4, -0.2) is 12.5 Å². The van der Waals surface area contributed by atoms with Gasteiger partial charge in [-0.1, -0.05) is 48.5 Å². The Kier molecular flexibility index (Phi) is 6.67. The Morgan fingerprint density at radius 2 is 1.83 bits per heavy atom. The largest absolute Gasteiger partial charge is 0.493 e. The fourth-order valence-corrected chi connectivity index (χ4v) is 2.22. The van der Waals surface area contributed by atoms with Crippen LogP contribution in [0.1, 0.15) is 24.0 Å². The molecule has 4 nitrogen and oxygen atoms in total. The van der Waals surface area contributed by atoms with E-state index in [-0.39, 0.29) is 12.3 Å². The molecule has 1 amide bonds. The number of benzene rings is 2. The van der Waals surface area contributed by atoms with Gasteiger partial charge < -0.3 is 10.1 Å². The number of hydrogen-bond donors (Lipinski definition) is 1. The second kappa shape index (κ2) is 9.26. The molecule has 0 aliphatic rings. The fraction of sp³-hybridized carbons (Fsp3) is 0.263. The number of carbonyl (C=O) groups is 1. The van der Waals surface area contributed by atoms with Crippen LogP contribution in [0.25, 0.3) is 0 Å². The van der Waals surface area contributed by atoms with Gasteiger partial charge in [0.1, 0.15) is 12.2 Å². The average Bonchev–Trinajstić information content (AvgIpc) is 2.59. The summed E-state index contributed by atoms with van der Waals surface area (Å²) in [5, 5.41) is 11.2. The summed E-state index contributed by atoms with van der Waals surface area (Å²) in [6.07, 6.45) is 1.78. The minimum absolute atomic E-state index is 0.125. The van der Waals surface area contributed by atoms with E-state index in [1.165, 1.54) is 5.56 Å². The lowest BCUT2D eigenvalue weighted by Gasteiger charge is -2.12. The molecule has 4 heteroatoms. The maximum atomic E-state index is 11.4. The van der Waals surface area contributed by atoms with Crippen LogP contribution in [0.3, 0.4) is 0 Å². The summed E-state index contributed by atoms with van der Waals surface area (Å²) in [7, 11) is 0. The van der Waals surface area contributed by atoms with E-state index in [1.807, 2.05) is 48.5 Å². The van der Waals surface area contributed by atoms with Crippen LogP contribution in [0.2, 0.25) is 0 Å². The summed E-state index contributed by atoms with van der Waals surface area (Å²) in [6.45, 7) is 0.993. The van der Waals surface area contributed by atoms with Gasteiger partial charge in [-0.3, -0.25) is 4.79 Å². The molecule has 0 spiro atoms. The van der Waals surface area contributed by atoms with Crippen LogP contribution in [-0.2, 0) is 17.8 Å². The van der Waals surface area contributed by atoms with Gasteiger partial charge in [0.2, 0.25) is 5.91 Å². The van der Waals surface area contributed by atoms with Gasteiger partial charge in [0, 0.05) is 12.1 Å². The number of nitrogens with one attached hydrogen (secondary N) is 1. The Morgan fingerprint density at radius 1 is 1.09 bits per heavy atom. The number of ether oxygens (including phenoxy) is 1. The maximum absolute atomic E-state index is 11.4. The molecular weight excluding hydrogens is 288 g/mol. The maximum Gasteiger partial charge on any atom is 0.234 e. The van der Waals surface area contributed by atoms with Gasteiger partial charge in [0.15, 0.2) is 0 Å². The van der Waals surface area contributed by atoms with Crippen LogP contribution >= 0.6 is 0 Å². The predicted octanol–water partition coefficient (Wildman–Crippen LogP) is 3.23. The van der Waals surface area contributed by atoms with Gasteiger partial charge in [-0.15, -0.1) is 0 Å². The number of amides is 1. The molecule has 0 radical (unpaired) electrons. The molecule has 2 rings (SSSR count). The second-order valence-corrected chi connectivity index (χ2v) is 5.16. The first-order valence-corrected chi connectivity index (χ1v) is 7.68. The van der Waals surface area contributed by atoms with E-state index in [0.717, 1.165) is 24.2 Å². The van der Waals surface area contributed by atoms with Crippen molar-refractivity contribution >= 4 is 5.91 Å². The number of nitrogens with zero attached hydrogens (tertiary/aromatic N) is 1. The summed E-state index contributed by atoms with van der Waals surface area (Å²) in [6, 6.07) is 19.8. The minimum Gasteiger partial charge on any atom is -0.493 e. The van der Waals surface area contributed by atoms with Crippen molar-refractivity contribution in [2.24, 2.45) is 0 Å². The van der Waals surface area contributed by atoms with E-state index >= 15 is 0 Å². The summed E-state index contributed by atoms with van der Waals surface area (Å²) in [4.78, 5) is 11.4. The zero-order chi connectivity index (χ0) is 16.3. The molecule has 0 heterocycles. The molecular formula is C19H20N2O2. The van der Waals surface area contributed by atoms with Gasteiger partial charge in [0.25, 0.3) is 0 Å².